The molecule has 10 rings (SSSR count). The average Bonchev–Trinajstić information content (AvgIpc) is 4.01. The highest BCUT2D eigenvalue weighted by atomic mass is 16.5. The number of carbonyl (C=O) groups is 1. The second kappa shape index (κ2) is 17.2. The molecule has 1 aliphatic carbocycles. The van der Waals surface area contributed by atoms with Crippen molar-refractivity contribution in [2.24, 2.45) is 13.0 Å². The Labute approximate surface area is 380 Å². The van der Waals surface area contributed by atoms with Crippen LogP contribution in [0.4, 0.5) is 5.95 Å². The summed E-state index contributed by atoms with van der Waals surface area (Å²) >= 11 is 0. The van der Waals surface area contributed by atoms with E-state index in [1.807, 2.05) is 54.4 Å². The van der Waals surface area contributed by atoms with E-state index in [0.717, 1.165) is 84.8 Å². The molecule has 0 bridgehead atoms. The lowest BCUT2D eigenvalue weighted by atomic mass is 9.88. The van der Waals surface area contributed by atoms with Crippen LogP contribution in [0.3, 0.4) is 0 Å². The van der Waals surface area contributed by atoms with E-state index in [4.69, 9.17) is 14.7 Å². The third-order valence-corrected chi connectivity index (χ3v) is 13.8. The predicted molar refractivity (Wildman–Crippen MR) is 252 cm³/mol. The van der Waals surface area contributed by atoms with Crippen molar-refractivity contribution in [1.29, 1.82) is 0 Å². The molecule has 0 radical (unpaired) electrons. The summed E-state index contributed by atoms with van der Waals surface area (Å²) in [7, 11) is 1.75. The average molecular weight is 891 g/mol. The van der Waals surface area contributed by atoms with E-state index in [9.17, 15) is 24.3 Å². The van der Waals surface area contributed by atoms with Crippen molar-refractivity contribution in [3.05, 3.63) is 145 Å². The molecule has 3 aliphatic rings. The minimum absolute atomic E-state index is 0.0331. The number of aromatic amines is 2. The minimum atomic E-state index is -1.31. The van der Waals surface area contributed by atoms with Gasteiger partial charge in [-0.25, -0.2) is 14.8 Å². The van der Waals surface area contributed by atoms with Gasteiger partial charge in [-0.15, -0.1) is 0 Å². The number of fused-ring (bicyclic) bond motifs is 2. The number of ether oxygens (including phenoxy) is 1. The van der Waals surface area contributed by atoms with Crippen LogP contribution in [0.5, 0.6) is 0 Å². The first-order chi connectivity index (χ1) is 31.9. The van der Waals surface area contributed by atoms with Gasteiger partial charge in [-0.3, -0.25) is 33.8 Å². The Kier molecular flexibility index (Phi) is 11.3. The smallest absolute Gasteiger partial charge is 0.332 e. The Hall–Kier alpha value is -6.75. The number of aryl methyl sites for hydroxylation is 2. The zero-order chi connectivity index (χ0) is 45.9. The van der Waals surface area contributed by atoms with Crippen molar-refractivity contribution in [2.75, 3.05) is 44.2 Å². The number of amides is 1. The number of nitrogens with one attached hydrogen (secondary N) is 2. The number of piperazine rings is 1. The summed E-state index contributed by atoms with van der Waals surface area (Å²) in [5.74, 6) is 0.917. The first-order valence-electron chi connectivity index (χ1n) is 22.8. The summed E-state index contributed by atoms with van der Waals surface area (Å²) in [6.45, 7) is 9.48. The van der Waals surface area contributed by atoms with E-state index >= 15 is 0 Å². The molecule has 1 saturated carbocycles. The molecule has 66 heavy (non-hydrogen) atoms. The second-order valence-electron chi connectivity index (χ2n) is 18.4. The van der Waals surface area contributed by atoms with E-state index in [0.29, 0.717) is 46.4 Å². The highest BCUT2D eigenvalue weighted by molar-refractivity contribution is 5.98. The lowest BCUT2D eigenvalue weighted by molar-refractivity contribution is -0.0674. The van der Waals surface area contributed by atoms with Gasteiger partial charge in [0.15, 0.2) is 5.60 Å². The number of piperidine rings is 1. The van der Waals surface area contributed by atoms with Crippen molar-refractivity contribution < 1.29 is 14.6 Å². The molecule has 2 saturated heterocycles. The summed E-state index contributed by atoms with van der Waals surface area (Å²) in [5.41, 5.74) is 3.70. The van der Waals surface area contributed by atoms with E-state index < -0.39 is 16.9 Å². The maximum atomic E-state index is 14.0. The molecule has 340 valence electrons. The number of hydrogen-bond donors (Lipinski definition) is 3. The fourth-order valence-corrected chi connectivity index (χ4v) is 9.93. The van der Waals surface area contributed by atoms with Crippen LogP contribution in [0.2, 0.25) is 0 Å². The Morgan fingerprint density at radius 1 is 0.939 bits per heavy atom. The molecule has 1 unspecified atom stereocenters. The predicted octanol–water partition coefficient (Wildman–Crippen LogP) is 4.89. The zero-order valence-corrected chi connectivity index (χ0v) is 37.6. The molecule has 3 fully saturated rings. The van der Waals surface area contributed by atoms with Crippen LogP contribution in [0.15, 0.2) is 106 Å². The van der Waals surface area contributed by atoms with Crippen molar-refractivity contribution in [3.63, 3.8) is 0 Å². The normalized spacial score (nSPS) is 19.4. The number of H-pyrrole nitrogens is 2. The third kappa shape index (κ3) is 7.92. The van der Waals surface area contributed by atoms with Crippen molar-refractivity contribution in [3.8, 4) is 16.8 Å². The van der Waals surface area contributed by atoms with Gasteiger partial charge in [-0.1, -0.05) is 18.2 Å². The Morgan fingerprint density at radius 2 is 1.76 bits per heavy atom. The fourth-order valence-electron chi connectivity index (χ4n) is 9.93. The van der Waals surface area contributed by atoms with Crippen LogP contribution in [-0.4, -0.2) is 112 Å². The first-order valence-corrected chi connectivity index (χ1v) is 22.8. The molecule has 1 amide bonds. The number of anilines is 1. The van der Waals surface area contributed by atoms with E-state index in [1.54, 1.807) is 42.3 Å². The lowest BCUT2D eigenvalue weighted by Gasteiger charge is -2.46. The third-order valence-electron chi connectivity index (χ3n) is 13.8. The highest BCUT2D eigenvalue weighted by Gasteiger charge is 2.44. The maximum absolute atomic E-state index is 14.0. The number of pyridine rings is 2. The molecule has 3 atom stereocenters. The lowest BCUT2D eigenvalue weighted by Crippen LogP contribution is -2.59. The van der Waals surface area contributed by atoms with Gasteiger partial charge in [0.05, 0.1) is 29.6 Å². The van der Waals surface area contributed by atoms with Gasteiger partial charge < -0.3 is 29.2 Å². The van der Waals surface area contributed by atoms with Gasteiger partial charge in [0, 0.05) is 116 Å². The summed E-state index contributed by atoms with van der Waals surface area (Å²) in [4.78, 5) is 78.4. The summed E-state index contributed by atoms with van der Waals surface area (Å²) in [6.07, 6.45) is 12.1. The topological polar surface area (TPSA) is 188 Å². The van der Waals surface area contributed by atoms with Gasteiger partial charge in [-0.05, 0) is 99.9 Å². The van der Waals surface area contributed by atoms with Gasteiger partial charge in [0.1, 0.15) is 5.52 Å². The standard InChI is InChI=1S/C50H54N10O6/c1-30-7-8-35(23-42(30)59-21-16-43(62)54-49(59)65)46(63)60-26-31(2)58(25-32(60)3)27-33-14-19-57(20-15-33)48-53-41-12-9-34(40-28-56(4)47(64)44-38(40)13-18-52-44)22-39(41)45(55-48)50(29-61,66-37-10-11-37)36-6-5-17-51-24-36/h5-9,12-13,16-18,21-24,28,31-33,37,52,61H,10-11,14-15,19-20,25-27,29H2,1-4H3,(H,54,62,65)/t31-,32+,50?/m0/s1. The molecule has 2 aromatic carbocycles. The van der Waals surface area contributed by atoms with Gasteiger partial charge in [0.2, 0.25) is 5.95 Å². The molecule has 3 N–H and O–H groups in total. The van der Waals surface area contributed by atoms with Crippen LogP contribution in [-0.2, 0) is 17.4 Å². The minimum Gasteiger partial charge on any atom is -0.393 e. The Balaban J connectivity index is 0.894. The SMILES string of the molecule is Cc1ccc(C(=O)N2C[C@H](C)N(CC3CCN(c4nc(C(CO)(OC5CC5)c5cccnc5)c5cc(-c6cn(C)c(=O)c7[nH]ccc67)ccc5n4)CC3)C[C@H]2C)cc1-n1ccc(=O)[nH]c1=O. The molecule has 7 aromatic rings. The molecule has 2 aliphatic heterocycles. The summed E-state index contributed by atoms with van der Waals surface area (Å²) in [6, 6.07) is 18.5. The number of carbonyl (C=O) groups excluding carboxylic acids is 1. The van der Waals surface area contributed by atoms with Gasteiger partial charge in [-0.2, -0.15) is 0 Å². The summed E-state index contributed by atoms with van der Waals surface area (Å²) in [5, 5.41) is 13.0. The van der Waals surface area contributed by atoms with E-state index in [-0.39, 0.29) is 36.3 Å². The monoisotopic (exact) mass is 890 g/mol. The van der Waals surface area contributed by atoms with Crippen LogP contribution >= 0.6 is 0 Å². The zero-order valence-electron chi connectivity index (χ0n) is 37.6. The fraction of sp³-hybridized carbons (Fsp3) is 0.380. The molecule has 0 spiro atoms. The molecule has 7 heterocycles. The second-order valence-corrected chi connectivity index (χ2v) is 18.4. The van der Waals surface area contributed by atoms with Crippen LogP contribution in [0, 0.1) is 12.8 Å². The number of aliphatic hydroxyl groups is 1. The molecule has 16 nitrogen and oxygen atoms in total. The van der Waals surface area contributed by atoms with Crippen LogP contribution in [0.1, 0.15) is 66.7 Å². The molecule has 16 heteroatoms. The van der Waals surface area contributed by atoms with E-state index in [2.05, 4.69) is 44.7 Å². The number of aromatic nitrogens is 7. The Morgan fingerprint density at radius 3 is 2.50 bits per heavy atom. The number of rotatable bonds is 11. The summed E-state index contributed by atoms with van der Waals surface area (Å²) < 4.78 is 9.80. The molecular weight excluding hydrogens is 837 g/mol. The number of hydrogen-bond acceptors (Lipinski definition) is 11. The molecular formula is C50H54N10O6. The van der Waals surface area contributed by atoms with Gasteiger partial charge in [0.25, 0.3) is 17.0 Å². The number of benzene rings is 2. The van der Waals surface area contributed by atoms with E-state index in [1.165, 1.54) is 16.8 Å². The van der Waals surface area contributed by atoms with Crippen molar-refractivity contribution >= 4 is 33.7 Å². The largest absolute Gasteiger partial charge is 0.393 e. The Bertz CT molecular complexity index is 3150. The number of nitrogens with zero attached hydrogens (tertiary/aromatic N) is 8. The first kappa shape index (κ1) is 43.2. The quantitative estimate of drug-likeness (QED) is 0.161. The van der Waals surface area contributed by atoms with Gasteiger partial charge >= 0.3 is 5.69 Å². The maximum Gasteiger partial charge on any atom is 0.332 e. The van der Waals surface area contributed by atoms with Crippen LogP contribution in [0.25, 0.3) is 38.6 Å². The van der Waals surface area contributed by atoms with Crippen molar-refractivity contribution in [1.82, 2.24) is 43.9 Å². The van der Waals surface area contributed by atoms with Crippen LogP contribution < -0.4 is 21.7 Å². The number of aliphatic hydroxyl groups excluding tert-OH is 1. The molecule has 5 aromatic heterocycles. The van der Waals surface area contributed by atoms with Crippen molar-refractivity contribution in [2.45, 2.75) is 70.2 Å². The highest BCUT2D eigenvalue weighted by Crippen LogP contribution is 2.43.